The van der Waals surface area contributed by atoms with Crippen LogP contribution in [0.4, 0.5) is 0 Å². The highest BCUT2D eigenvalue weighted by Crippen LogP contribution is 2.33. The first-order chi connectivity index (χ1) is 14.4. The molecule has 3 N–H and O–H groups in total. The Morgan fingerprint density at radius 3 is 2.67 bits per heavy atom. The second kappa shape index (κ2) is 8.28. The predicted molar refractivity (Wildman–Crippen MR) is 109 cm³/mol. The number of hydrogen-bond acceptors (Lipinski definition) is 6. The van der Waals surface area contributed by atoms with E-state index in [1.807, 2.05) is 6.07 Å². The Morgan fingerprint density at radius 1 is 1.13 bits per heavy atom. The van der Waals surface area contributed by atoms with Crippen LogP contribution in [0, 0.1) is 5.92 Å². The van der Waals surface area contributed by atoms with Crippen molar-refractivity contribution in [2.45, 2.75) is 57.7 Å². The minimum atomic E-state index is -0.942. The van der Waals surface area contributed by atoms with Crippen molar-refractivity contribution in [3.63, 3.8) is 0 Å². The van der Waals surface area contributed by atoms with Crippen LogP contribution in [0.15, 0.2) is 18.2 Å². The zero-order valence-corrected chi connectivity index (χ0v) is 17.2. The van der Waals surface area contributed by atoms with E-state index in [1.165, 1.54) is 0 Å². The molecule has 0 spiro atoms. The number of imide groups is 2. The van der Waals surface area contributed by atoms with Gasteiger partial charge in [-0.1, -0.05) is 19.1 Å². The Morgan fingerprint density at radius 2 is 1.93 bits per heavy atom. The highest BCUT2D eigenvalue weighted by atomic mass is 16.2. The Labute approximate surface area is 175 Å². The largest absolute Gasteiger partial charge is 0.330 e. The summed E-state index contributed by atoms with van der Waals surface area (Å²) < 4.78 is 0. The van der Waals surface area contributed by atoms with Gasteiger partial charge in [0.15, 0.2) is 0 Å². The van der Waals surface area contributed by atoms with Gasteiger partial charge in [0.2, 0.25) is 11.8 Å². The molecule has 4 rings (SSSR count). The van der Waals surface area contributed by atoms with Crippen molar-refractivity contribution in [1.82, 2.24) is 15.1 Å². The van der Waals surface area contributed by atoms with Crippen LogP contribution in [0.3, 0.4) is 0 Å². The number of carbonyl (C=O) groups is 4. The van der Waals surface area contributed by atoms with E-state index < -0.39 is 23.8 Å². The zero-order chi connectivity index (χ0) is 21.4. The van der Waals surface area contributed by atoms with Gasteiger partial charge in [-0.05, 0) is 56.3 Å². The van der Waals surface area contributed by atoms with Gasteiger partial charge in [0, 0.05) is 19.0 Å². The zero-order valence-electron chi connectivity index (χ0n) is 17.2. The molecule has 30 heavy (non-hydrogen) atoms. The molecule has 3 atom stereocenters. The third kappa shape index (κ3) is 3.54. The molecule has 8 nitrogen and oxygen atoms in total. The summed E-state index contributed by atoms with van der Waals surface area (Å²) in [6, 6.07) is 4.72. The molecule has 3 aliphatic heterocycles. The second-order valence-corrected chi connectivity index (χ2v) is 8.52. The van der Waals surface area contributed by atoms with E-state index in [2.05, 4.69) is 17.1 Å². The fraction of sp³-hybridized carbons (Fsp3) is 0.545. The Balaban J connectivity index is 1.62. The van der Waals surface area contributed by atoms with Crippen LogP contribution < -0.4 is 11.1 Å². The molecule has 0 radical (unpaired) electrons. The molecule has 1 aromatic rings. The maximum atomic E-state index is 13.3. The number of amides is 4. The van der Waals surface area contributed by atoms with Crippen molar-refractivity contribution in [3.8, 4) is 0 Å². The van der Waals surface area contributed by atoms with E-state index in [-0.39, 0.29) is 18.7 Å². The van der Waals surface area contributed by atoms with Crippen molar-refractivity contribution >= 4 is 23.6 Å². The first-order valence-electron chi connectivity index (χ1n) is 10.7. The number of nitrogens with two attached hydrogens (primary N) is 1. The summed E-state index contributed by atoms with van der Waals surface area (Å²) in [5, 5.41) is 2.24. The number of hydrogen-bond donors (Lipinski definition) is 2. The fourth-order valence-electron chi connectivity index (χ4n) is 5.10. The number of fused-ring (bicyclic) bond motifs is 1. The summed E-state index contributed by atoms with van der Waals surface area (Å²) in [6.07, 6.45) is 3.42. The molecule has 2 saturated heterocycles. The Bertz CT molecular complexity index is 899. The van der Waals surface area contributed by atoms with Gasteiger partial charge in [0.1, 0.15) is 6.04 Å². The topological polar surface area (TPSA) is 113 Å². The van der Waals surface area contributed by atoms with E-state index in [0.29, 0.717) is 36.2 Å². The number of rotatable bonds is 5. The number of nitrogens with zero attached hydrogens (tertiary/aromatic N) is 2. The maximum absolute atomic E-state index is 13.3. The van der Waals surface area contributed by atoms with Crippen LogP contribution in [-0.4, -0.2) is 58.6 Å². The smallest absolute Gasteiger partial charge is 0.262 e. The van der Waals surface area contributed by atoms with Crippen molar-refractivity contribution in [2.24, 2.45) is 11.7 Å². The second-order valence-electron chi connectivity index (χ2n) is 8.52. The third-order valence-corrected chi connectivity index (χ3v) is 6.62. The number of nitrogens with one attached hydrogen (secondary N) is 1. The number of benzene rings is 1. The van der Waals surface area contributed by atoms with Crippen LogP contribution >= 0.6 is 0 Å². The van der Waals surface area contributed by atoms with Crippen LogP contribution in [-0.2, 0) is 16.1 Å². The molecule has 2 fully saturated rings. The molecule has 160 valence electrons. The summed E-state index contributed by atoms with van der Waals surface area (Å²) in [5.41, 5.74) is 7.36. The molecule has 3 heterocycles. The minimum absolute atomic E-state index is 0.114. The van der Waals surface area contributed by atoms with E-state index in [1.54, 1.807) is 12.1 Å². The Kier molecular flexibility index (Phi) is 5.71. The average Bonchev–Trinajstić information content (AvgIpc) is 2.96. The highest BCUT2D eigenvalue weighted by molar-refractivity contribution is 6.24. The van der Waals surface area contributed by atoms with Crippen molar-refractivity contribution in [1.29, 1.82) is 0 Å². The maximum Gasteiger partial charge on any atom is 0.262 e. The SMILES string of the molecule is CC1CCCN(Cc2cccc3c2C(=O)N(C2CCC(=O)NC2=O)C3=O)C1CCN. The van der Waals surface area contributed by atoms with Gasteiger partial charge in [-0.25, -0.2) is 0 Å². The quantitative estimate of drug-likeness (QED) is 0.699. The van der Waals surface area contributed by atoms with Crippen molar-refractivity contribution < 1.29 is 19.2 Å². The van der Waals surface area contributed by atoms with E-state index in [0.717, 1.165) is 36.3 Å². The minimum Gasteiger partial charge on any atom is -0.330 e. The predicted octanol–water partition coefficient (Wildman–Crippen LogP) is 1.04. The summed E-state index contributed by atoms with van der Waals surface area (Å²) in [6.45, 7) is 4.35. The van der Waals surface area contributed by atoms with Crippen LogP contribution in [0.2, 0.25) is 0 Å². The molecule has 1 aromatic carbocycles. The first kappa shape index (κ1) is 20.7. The van der Waals surface area contributed by atoms with Crippen molar-refractivity contribution in [2.75, 3.05) is 13.1 Å². The lowest BCUT2D eigenvalue weighted by Crippen LogP contribution is -2.54. The molecular formula is C22H28N4O4. The fourth-order valence-corrected chi connectivity index (χ4v) is 5.10. The van der Waals surface area contributed by atoms with Gasteiger partial charge in [0.25, 0.3) is 11.8 Å². The van der Waals surface area contributed by atoms with Gasteiger partial charge in [-0.15, -0.1) is 0 Å². The molecular weight excluding hydrogens is 384 g/mol. The molecule has 0 saturated carbocycles. The molecule has 8 heteroatoms. The van der Waals surface area contributed by atoms with Gasteiger partial charge in [-0.2, -0.15) is 0 Å². The average molecular weight is 412 g/mol. The summed E-state index contributed by atoms with van der Waals surface area (Å²) >= 11 is 0. The lowest BCUT2D eigenvalue weighted by atomic mass is 9.88. The van der Waals surface area contributed by atoms with Gasteiger partial charge < -0.3 is 5.73 Å². The molecule has 0 bridgehead atoms. The molecule has 4 amide bonds. The standard InChI is InChI=1S/C22H28N4O4/c1-13-4-3-11-25(16(13)9-10-23)12-14-5-2-6-15-19(14)22(30)26(21(15)29)17-7-8-18(27)24-20(17)28/h2,5-6,13,16-17H,3-4,7-12,23H2,1H3,(H,24,27,28). The van der Waals surface area contributed by atoms with Gasteiger partial charge in [0.05, 0.1) is 11.1 Å². The monoisotopic (exact) mass is 412 g/mol. The number of likely N-dealkylation sites (tertiary alicyclic amines) is 1. The van der Waals surface area contributed by atoms with Crippen LogP contribution in [0.25, 0.3) is 0 Å². The first-order valence-corrected chi connectivity index (χ1v) is 10.7. The molecule has 3 unspecified atom stereocenters. The molecule has 0 aromatic heterocycles. The Hall–Kier alpha value is -2.58. The third-order valence-electron chi connectivity index (χ3n) is 6.62. The van der Waals surface area contributed by atoms with Crippen LogP contribution in [0.1, 0.15) is 65.3 Å². The molecule has 3 aliphatic rings. The highest BCUT2D eigenvalue weighted by Gasteiger charge is 2.45. The normalized spacial score (nSPS) is 27.4. The lowest BCUT2D eigenvalue weighted by Gasteiger charge is -2.40. The van der Waals surface area contributed by atoms with E-state index >= 15 is 0 Å². The van der Waals surface area contributed by atoms with Crippen LogP contribution in [0.5, 0.6) is 0 Å². The van der Waals surface area contributed by atoms with E-state index in [9.17, 15) is 19.2 Å². The van der Waals surface area contributed by atoms with Gasteiger partial charge >= 0.3 is 0 Å². The molecule has 0 aliphatic carbocycles. The van der Waals surface area contributed by atoms with E-state index in [4.69, 9.17) is 5.73 Å². The number of piperidine rings is 2. The lowest BCUT2D eigenvalue weighted by molar-refractivity contribution is -0.136. The van der Waals surface area contributed by atoms with Crippen molar-refractivity contribution in [3.05, 3.63) is 34.9 Å². The summed E-state index contributed by atoms with van der Waals surface area (Å²) in [5.74, 6) is -1.34. The number of carbonyl (C=O) groups excluding carboxylic acids is 4. The summed E-state index contributed by atoms with van der Waals surface area (Å²) in [4.78, 5) is 53.4. The summed E-state index contributed by atoms with van der Waals surface area (Å²) in [7, 11) is 0. The van der Waals surface area contributed by atoms with Gasteiger partial charge in [-0.3, -0.25) is 34.3 Å².